The summed E-state index contributed by atoms with van der Waals surface area (Å²) in [7, 11) is 4.43. The summed E-state index contributed by atoms with van der Waals surface area (Å²) < 4.78 is 0. The molecule has 4 saturated heterocycles. The van der Waals surface area contributed by atoms with Crippen LogP contribution < -0.4 is 5.73 Å². The minimum Gasteiger partial charge on any atom is -0.329 e. The molecule has 0 aromatic carbocycles. The van der Waals surface area contributed by atoms with Crippen molar-refractivity contribution < 1.29 is 0 Å². The average Bonchev–Trinajstić information content (AvgIpc) is 2.48. The monoisotopic (exact) mass is 266 g/mol. The predicted molar refractivity (Wildman–Crippen MR) is 79.2 cm³/mol. The van der Waals surface area contributed by atoms with Crippen LogP contribution in [0.5, 0.6) is 0 Å². The van der Waals surface area contributed by atoms with E-state index in [0.29, 0.717) is 5.54 Å². The second kappa shape index (κ2) is 5.32. The molecule has 1 unspecified atom stereocenters. The van der Waals surface area contributed by atoms with Crippen molar-refractivity contribution in [3.63, 3.8) is 0 Å². The van der Waals surface area contributed by atoms with Crippen molar-refractivity contribution in [2.24, 2.45) is 11.7 Å². The fraction of sp³-hybridized carbons (Fsp3) is 1.00. The summed E-state index contributed by atoms with van der Waals surface area (Å²) in [6.07, 6.45) is 5.35. The zero-order chi connectivity index (χ0) is 13.5. The van der Waals surface area contributed by atoms with E-state index in [0.717, 1.165) is 18.5 Å². The number of hydrogen-bond donors (Lipinski definition) is 1. The highest BCUT2D eigenvalue weighted by atomic mass is 15.3. The first-order valence-electron chi connectivity index (χ1n) is 7.99. The SMILES string of the molecule is CN(C)C1CCN(C2(CN)CN3CCC2CC3)CC1. The van der Waals surface area contributed by atoms with Gasteiger partial charge in [0.15, 0.2) is 0 Å². The Hall–Kier alpha value is -0.160. The first kappa shape index (κ1) is 13.8. The number of rotatable bonds is 3. The molecular weight excluding hydrogens is 236 g/mol. The Labute approximate surface area is 117 Å². The molecule has 2 N–H and O–H groups in total. The lowest BCUT2D eigenvalue weighted by Gasteiger charge is -2.59. The zero-order valence-corrected chi connectivity index (χ0v) is 12.6. The Kier molecular flexibility index (Phi) is 3.87. The Bertz CT molecular complexity index is 303. The van der Waals surface area contributed by atoms with Gasteiger partial charge in [0.05, 0.1) is 0 Å². The van der Waals surface area contributed by atoms with Gasteiger partial charge in [-0.05, 0) is 58.8 Å². The molecule has 110 valence electrons. The van der Waals surface area contributed by atoms with Gasteiger partial charge in [-0.25, -0.2) is 0 Å². The summed E-state index contributed by atoms with van der Waals surface area (Å²) in [5, 5.41) is 0. The number of fused-ring (bicyclic) bond motifs is 3. The molecule has 4 aliphatic heterocycles. The van der Waals surface area contributed by atoms with E-state index in [1.807, 2.05) is 0 Å². The van der Waals surface area contributed by atoms with Crippen molar-refractivity contribution in [3.05, 3.63) is 0 Å². The van der Waals surface area contributed by atoms with E-state index in [2.05, 4.69) is 28.8 Å². The third-order valence-electron chi connectivity index (χ3n) is 6.02. The van der Waals surface area contributed by atoms with Crippen LogP contribution in [0, 0.1) is 5.92 Å². The van der Waals surface area contributed by atoms with Crippen molar-refractivity contribution in [2.75, 3.05) is 53.4 Å². The Morgan fingerprint density at radius 3 is 2.11 bits per heavy atom. The van der Waals surface area contributed by atoms with Crippen LogP contribution in [-0.2, 0) is 0 Å². The second-order valence-electron chi connectivity index (χ2n) is 7.04. The van der Waals surface area contributed by atoms with E-state index in [9.17, 15) is 0 Å². The van der Waals surface area contributed by atoms with Crippen molar-refractivity contribution in [2.45, 2.75) is 37.3 Å². The highest BCUT2D eigenvalue weighted by molar-refractivity contribution is 5.07. The molecule has 0 aromatic rings. The molecule has 2 bridgehead atoms. The predicted octanol–water partition coefficient (Wildman–Crippen LogP) is 0.436. The smallest absolute Gasteiger partial charge is 0.0487 e. The van der Waals surface area contributed by atoms with Crippen LogP contribution in [0.1, 0.15) is 25.7 Å². The van der Waals surface area contributed by atoms with E-state index >= 15 is 0 Å². The van der Waals surface area contributed by atoms with E-state index in [1.165, 1.54) is 58.4 Å². The number of nitrogens with zero attached hydrogens (tertiary/aromatic N) is 3. The second-order valence-corrected chi connectivity index (χ2v) is 7.04. The minimum atomic E-state index is 0.299. The summed E-state index contributed by atoms with van der Waals surface area (Å²) in [6.45, 7) is 7.16. The van der Waals surface area contributed by atoms with Gasteiger partial charge in [-0.3, -0.25) is 4.90 Å². The average molecular weight is 266 g/mol. The van der Waals surface area contributed by atoms with Crippen molar-refractivity contribution in [1.82, 2.24) is 14.7 Å². The van der Waals surface area contributed by atoms with E-state index < -0.39 is 0 Å². The van der Waals surface area contributed by atoms with Crippen LogP contribution in [-0.4, -0.2) is 79.6 Å². The molecule has 4 nitrogen and oxygen atoms in total. The molecule has 1 atom stereocenters. The van der Waals surface area contributed by atoms with Gasteiger partial charge in [0, 0.05) is 37.8 Å². The fourth-order valence-corrected chi connectivity index (χ4v) is 4.69. The number of hydrogen-bond acceptors (Lipinski definition) is 4. The molecule has 19 heavy (non-hydrogen) atoms. The molecule has 0 amide bonds. The van der Waals surface area contributed by atoms with Crippen LogP contribution >= 0.6 is 0 Å². The maximum Gasteiger partial charge on any atom is 0.0487 e. The molecule has 4 rings (SSSR count). The summed E-state index contributed by atoms with van der Waals surface area (Å²) in [6, 6.07) is 0.771. The summed E-state index contributed by atoms with van der Waals surface area (Å²) >= 11 is 0. The van der Waals surface area contributed by atoms with Crippen molar-refractivity contribution in [3.8, 4) is 0 Å². The van der Waals surface area contributed by atoms with Gasteiger partial charge >= 0.3 is 0 Å². The molecule has 4 aliphatic rings. The molecular formula is C15H30N4. The van der Waals surface area contributed by atoms with Crippen LogP contribution in [0.2, 0.25) is 0 Å². The summed E-state index contributed by atoms with van der Waals surface area (Å²) in [5.41, 5.74) is 6.57. The van der Waals surface area contributed by atoms with Crippen molar-refractivity contribution in [1.29, 1.82) is 0 Å². The zero-order valence-electron chi connectivity index (χ0n) is 12.6. The molecule has 4 heteroatoms. The molecule has 4 heterocycles. The van der Waals surface area contributed by atoms with Gasteiger partial charge in [0.25, 0.3) is 0 Å². The van der Waals surface area contributed by atoms with Crippen LogP contribution in [0.3, 0.4) is 0 Å². The molecule has 0 saturated carbocycles. The first-order chi connectivity index (χ1) is 9.15. The third-order valence-corrected chi connectivity index (χ3v) is 6.02. The molecule has 0 radical (unpaired) electrons. The Morgan fingerprint density at radius 2 is 1.68 bits per heavy atom. The number of likely N-dealkylation sites (tertiary alicyclic amines) is 1. The molecule has 0 spiro atoms. The number of piperidine rings is 4. The quantitative estimate of drug-likeness (QED) is 0.804. The first-order valence-corrected chi connectivity index (χ1v) is 7.99. The van der Waals surface area contributed by atoms with Crippen molar-refractivity contribution >= 4 is 0 Å². The standard InChI is InChI=1S/C15H30N4/c1-17(2)14-5-9-19(10-6-14)15(11-16)12-18-7-3-13(15)4-8-18/h13-14H,3-12,16H2,1-2H3. The summed E-state index contributed by atoms with van der Waals surface area (Å²) in [4.78, 5) is 7.79. The molecule has 0 aromatic heterocycles. The highest BCUT2D eigenvalue weighted by Gasteiger charge is 2.49. The largest absolute Gasteiger partial charge is 0.329 e. The topological polar surface area (TPSA) is 35.7 Å². The Morgan fingerprint density at radius 1 is 1.05 bits per heavy atom. The summed E-state index contributed by atoms with van der Waals surface area (Å²) in [5.74, 6) is 0.846. The lowest BCUT2D eigenvalue weighted by molar-refractivity contribution is -0.0796. The Balaban J connectivity index is 1.70. The minimum absolute atomic E-state index is 0.299. The lowest BCUT2D eigenvalue weighted by atomic mass is 9.71. The third kappa shape index (κ3) is 2.33. The van der Waals surface area contributed by atoms with Gasteiger partial charge in [0.1, 0.15) is 0 Å². The number of nitrogens with two attached hydrogens (primary N) is 1. The van der Waals surface area contributed by atoms with Crippen LogP contribution in [0.15, 0.2) is 0 Å². The van der Waals surface area contributed by atoms with Gasteiger partial charge in [-0.2, -0.15) is 0 Å². The van der Waals surface area contributed by atoms with Crippen LogP contribution in [0.25, 0.3) is 0 Å². The fourth-order valence-electron chi connectivity index (χ4n) is 4.69. The highest BCUT2D eigenvalue weighted by Crippen LogP contribution is 2.40. The maximum absolute atomic E-state index is 6.27. The molecule has 4 fully saturated rings. The van der Waals surface area contributed by atoms with Gasteiger partial charge in [0.2, 0.25) is 0 Å². The normalized spacial score (nSPS) is 41.1. The van der Waals surface area contributed by atoms with Gasteiger partial charge in [-0.15, -0.1) is 0 Å². The lowest BCUT2D eigenvalue weighted by Crippen LogP contribution is -2.71. The molecule has 0 aliphatic carbocycles. The van der Waals surface area contributed by atoms with E-state index in [4.69, 9.17) is 5.73 Å². The van der Waals surface area contributed by atoms with Crippen LogP contribution in [0.4, 0.5) is 0 Å². The van der Waals surface area contributed by atoms with E-state index in [1.54, 1.807) is 0 Å². The van der Waals surface area contributed by atoms with Gasteiger partial charge in [-0.1, -0.05) is 0 Å². The van der Waals surface area contributed by atoms with Gasteiger partial charge < -0.3 is 15.5 Å². The maximum atomic E-state index is 6.27. The van der Waals surface area contributed by atoms with E-state index in [-0.39, 0.29) is 0 Å².